The fourth-order valence-electron chi connectivity index (χ4n) is 3.97. The Morgan fingerprint density at radius 2 is 1.54 bits per heavy atom. The van der Waals surface area contributed by atoms with Gasteiger partial charge in [0.2, 0.25) is 11.8 Å². The first-order valence-corrected chi connectivity index (χ1v) is 9.22. The maximum Gasteiger partial charge on any atom is 0.236 e. The highest BCUT2D eigenvalue weighted by Gasteiger charge is 2.42. The van der Waals surface area contributed by atoms with Crippen molar-refractivity contribution in [1.82, 2.24) is 14.7 Å². The van der Waals surface area contributed by atoms with E-state index >= 15 is 0 Å². The van der Waals surface area contributed by atoms with Gasteiger partial charge < -0.3 is 20.3 Å². The zero-order valence-electron chi connectivity index (χ0n) is 14.5. The van der Waals surface area contributed by atoms with Crippen LogP contribution in [-0.2, 0) is 14.3 Å². The maximum absolute atomic E-state index is 12.9. The van der Waals surface area contributed by atoms with Gasteiger partial charge in [-0.05, 0) is 25.7 Å². The third-order valence-corrected chi connectivity index (χ3v) is 5.77. The average molecular weight is 338 g/mol. The fourth-order valence-corrected chi connectivity index (χ4v) is 3.97. The van der Waals surface area contributed by atoms with Crippen molar-refractivity contribution in [2.45, 2.75) is 25.7 Å². The van der Waals surface area contributed by atoms with Crippen LogP contribution in [0.25, 0.3) is 0 Å². The minimum atomic E-state index is -0.439. The number of hydrogen-bond donors (Lipinski definition) is 1. The number of piperazine rings is 1. The molecule has 3 rings (SSSR count). The molecule has 0 unspecified atom stereocenters. The number of amides is 2. The monoisotopic (exact) mass is 338 g/mol. The molecule has 0 aromatic rings. The van der Waals surface area contributed by atoms with E-state index in [4.69, 9.17) is 10.5 Å². The molecule has 3 heterocycles. The van der Waals surface area contributed by atoms with Crippen LogP contribution >= 0.6 is 0 Å². The van der Waals surface area contributed by atoms with Crippen molar-refractivity contribution in [3.05, 3.63) is 0 Å². The fraction of sp³-hybridized carbons (Fsp3) is 0.882. The van der Waals surface area contributed by atoms with Crippen LogP contribution in [0.1, 0.15) is 25.7 Å². The predicted molar refractivity (Wildman–Crippen MR) is 90.4 cm³/mol. The van der Waals surface area contributed by atoms with Crippen LogP contribution in [0, 0.1) is 5.41 Å². The lowest BCUT2D eigenvalue weighted by Crippen LogP contribution is -2.57. The molecule has 3 saturated heterocycles. The summed E-state index contributed by atoms with van der Waals surface area (Å²) in [6.07, 6.45) is 3.68. The van der Waals surface area contributed by atoms with Gasteiger partial charge in [-0.1, -0.05) is 0 Å². The summed E-state index contributed by atoms with van der Waals surface area (Å²) in [5.74, 6) is 0.411. The lowest BCUT2D eigenvalue weighted by atomic mass is 9.78. The van der Waals surface area contributed by atoms with Crippen molar-refractivity contribution in [3.8, 4) is 0 Å². The molecule has 7 heteroatoms. The van der Waals surface area contributed by atoms with E-state index in [9.17, 15) is 9.59 Å². The summed E-state index contributed by atoms with van der Waals surface area (Å²) in [6.45, 7) is 6.83. The molecule has 3 aliphatic heterocycles. The average Bonchev–Trinajstić information content (AvgIpc) is 3.17. The summed E-state index contributed by atoms with van der Waals surface area (Å²) in [5, 5.41) is 0. The molecule has 2 amide bonds. The highest BCUT2D eigenvalue weighted by Crippen LogP contribution is 2.32. The molecule has 0 aromatic carbocycles. The van der Waals surface area contributed by atoms with Gasteiger partial charge in [0, 0.05) is 59.0 Å². The summed E-state index contributed by atoms with van der Waals surface area (Å²) in [7, 11) is 0. The smallest absolute Gasteiger partial charge is 0.236 e. The maximum atomic E-state index is 12.9. The van der Waals surface area contributed by atoms with Crippen molar-refractivity contribution in [3.63, 3.8) is 0 Å². The molecule has 0 spiro atoms. The number of likely N-dealkylation sites (tertiary alicyclic amines) is 1. The molecule has 24 heavy (non-hydrogen) atoms. The van der Waals surface area contributed by atoms with E-state index in [1.165, 1.54) is 0 Å². The van der Waals surface area contributed by atoms with Crippen LogP contribution < -0.4 is 5.73 Å². The van der Waals surface area contributed by atoms with Gasteiger partial charge in [-0.15, -0.1) is 0 Å². The summed E-state index contributed by atoms with van der Waals surface area (Å²) in [5.41, 5.74) is 5.51. The molecule has 0 atom stereocenters. The molecule has 136 valence electrons. The van der Waals surface area contributed by atoms with Crippen LogP contribution in [0.3, 0.4) is 0 Å². The number of nitrogens with zero attached hydrogens (tertiary/aromatic N) is 3. The first-order valence-electron chi connectivity index (χ1n) is 9.22. The molecule has 7 nitrogen and oxygen atoms in total. The second kappa shape index (κ2) is 7.80. The lowest BCUT2D eigenvalue weighted by Gasteiger charge is -2.42. The van der Waals surface area contributed by atoms with E-state index in [0.717, 1.165) is 51.9 Å². The highest BCUT2D eigenvalue weighted by atomic mass is 16.5. The Morgan fingerprint density at radius 1 is 0.917 bits per heavy atom. The minimum Gasteiger partial charge on any atom is -0.381 e. The molecule has 0 aromatic heterocycles. The van der Waals surface area contributed by atoms with E-state index < -0.39 is 5.41 Å². The van der Waals surface area contributed by atoms with E-state index in [1.54, 1.807) is 0 Å². The first kappa shape index (κ1) is 17.6. The summed E-state index contributed by atoms with van der Waals surface area (Å²) in [6, 6.07) is 0. The van der Waals surface area contributed by atoms with Gasteiger partial charge in [-0.2, -0.15) is 0 Å². The van der Waals surface area contributed by atoms with Gasteiger partial charge in [0.05, 0.1) is 12.0 Å². The molecule has 0 saturated carbocycles. The van der Waals surface area contributed by atoms with Gasteiger partial charge in [0.15, 0.2) is 0 Å². The summed E-state index contributed by atoms with van der Waals surface area (Å²) < 4.78 is 5.40. The summed E-state index contributed by atoms with van der Waals surface area (Å²) >= 11 is 0. The number of rotatable bonds is 4. The largest absolute Gasteiger partial charge is 0.381 e. The number of carbonyl (C=O) groups is 2. The number of hydrogen-bond acceptors (Lipinski definition) is 5. The molecule has 0 bridgehead atoms. The van der Waals surface area contributed by atoms with Crippen molar-refractivity contribution in [1.29, 1.82) is 0 Å². The third kappa shape index (κ3) is 3.73. The first-order chi connectivity index (χ1) is 11.6. The third-order valence-electron chi connectivity index (χ3n) is 5.77. The molecule has 0 aliphatic carbocycles. The van der Waals surface area contributed by atoms with Gasteiger partial charge in [0.1, 0.15) is 0 Å². The number of ether oxygens (including phenoxy) is 1. The second-order valence-electron chi connectivity index (χ2n) is 7.25. The molecule has 2 N–H and O–H groups in total. The van der Waals surface area contributed by atoms with Gasteiger partial charge in [-0.3, -0.25) is 14.5 Å². The minimum absolute atomic E-state index is 0.179. The number of carbonyl (C=O) groups excluding carboxylic acids is 2. The van der Waals surface area contributed by atoms with Crippen molar-refractivity contribution in [2.24, 2.45) is 11.1 Å². The van der Waals surface area contributed by atoms with Crippen LogP contribution in [0.4, 0.5) is 0 Å². The van der Waals surface area contributed by atoms with Gasteiger partial charge >= 0.3 is 0 Å². The predicted octanol–water partition coefficient (Wildman–Crippen LogP) is -0.491. The molecule has 0 radical (unpaired) electrons. The molecular formula is C17H30N4O3. The Kier molecular flexibility index (Phi) is 5.73. The van der Waals surface area contributed by atoms with Crippen LogP contribution in [-0.4, -0.2) is 92.1 Å². The van der Waals surface area contributed by atoms with Crippen LogP contribution in [0.15, 0.2) is 0 Å². The van der Waals surface area contributed by atoms with Crippen LogP contribution in [0.2, 0.25) is 0 Å². The molecular weight excluding hydrogens is 308 g/mol. The zero-order chi connectivity index (χ0) is 17.0. The van der Waals surface area contributed by atoms with E-state index in [0.29, 0.717) is 39.4 Å². The standard InChI is InChI=1S/C17H30N4O3/c18-14-17(3-11-24-12-4-17)16(23)21-9-7-19(8-10-21)13-15(22)20-5-1-2-6-20/h1-14,18H2. The van der Waals surface area contributed by atoms with Gasteiger partial charge in [0.25, 0.3) is 0 Å². The normalized spacial score (nSPS) is 25.0. The summed E-state index contributed by atoms with van der Waals surface area (Å²) in [4.78, 5) is 31.3. The second-order valence-corrected chi connectivity index (χ2v) is 7.25. The molecule has 3 fully saturated rings. The Balaban J connectivity index is 1.49. The lowest BCUT2D eigenvalue weighted by molar-refractivity contribution is -0.149. The SMILES string of the molecule is NCC1(C(=O)N2CCN(CC(=O)N3CCCC3)CC2)CCOCC1. The molecule has 3 aliphatic rings. The number of nitrogens with two attached hydrogens (primary N) is 1. The van der Waals surface area contributed by atoms with Crippen molar-refractivity contribution < 1.29 is 14.3 Å². The Bertz CT molecular complexity index is 451. The van der Waals surface area contributed by atoms with E-state index in [-0.39, 0.29) is 11.8 Å². The van der Waals surface area contributed by atoms with Crippen molar-refractivity contribution >= 4 is 11.8 Å². The Labute approximate surface area is 144 Å². The van der Waals surface area contributed by atoms with Crippen molar-refractivity contribution in [2.75, 3.05) is 65.6 Å². The van der Waals surface area contributed by atoms with Gasteiger partial charge in [-0.25, -0.2) is 0 Å². The quantitative estimate of drug-likeness (QED) is 0.748. The highest BCUT2D eigenvalue weighted by molar-refractivity contribution is 5.83. The zero-order valence-corrected chi connectivity index (χ0v) is 14.5. The Morgan fingerprint density at radius 3 is 2.12 bits per heavy atom. The van der Waals surface area contributed by atoms with Crippen LogP contribution in [0.5, 0.6) is 0 Å². The Hall–Kier alpha value is -1.18. The van der Waals surface area contributed by atoms with E-state index in [2.05, 4.69) is 4.90 Å². The topological polar surface area (TPSA) is 79.1 Å². The van der Waals surface area contributed by atoms with E-state index in [1.807, 2.05) is 9.80 Å².